The summed E-state index contributed by atoms with van der Waals surface area (Å²) in [6.45, 7) is 55.3. The maximum atomic E-state index is 13.5. The molecule has 480 valence electrons. The molecule has 0 aliphatic rings. The second-order valence-electron chi connectivity index (χ2n) is 34.6. The summed E-state index contributed by atoms with van der Waals surface area (Å²) < 4.78 is 19.6. The van der Waals surface area contributed by atoms with Gasteiger partial charge in [-0.25, -0.2) is 0 Å². The lowest BCUT2D eigenvalue weighted by Crippen LogP contribution is -2.27. The molecule has 0 aliphatic heterocycles. The fourth-order valence-corrected chi connectivity index (χ4v) is 14.7. The minimum absolute atomic E-state index is 0.0491. The SMILES string of the molecule is Cc1cccc(-c2cc(C(C)(C)CC(C)(C)C)c(OCCCOc3c(C(C)(C)CC(C)(C)C)cc(-c4cccc(C)c4)c(O)c3-n3c4ccc(C(C)(C)C)cc4c4cc(C(C)(C)C)ccc43)c(-n3c4ccc(C(C)(C)C)cc4c4cc(C(C)(C)C)ccc43)c2O)c1. The Morgan fingerprint density at radius 2 is 0.637 bits per heavy atom. The van der Waals surface area contributed by atoms with Gasteiger partial charge in [-0.1, -0.05) is 236 Å². The van der Waals surface area contributed by atoms with Gasteiger partial charge in [-0.05, 0) is 164 Å². The van der Waals surface area contributed by atoms with Crippen molar-refractivity contribution in [3.8, 4) is 56.6 Å². The van der Waals surface area contributed by atoms with Crippen LogP contribution in [0.25, 0.3) is 77.2 Å². The van der Waals surface area contributed by atoms with Crippen molar-refractivity contribution in [2.24, 2.45) is 10.8 Å². The molecule has 8 aromatic carbocycles. The lowest BCUT2D eigenvalue weighted by atomic mass is 9.71. The van der Waals surface area contributed by atoms with Crippen LogP contribution in [0.2, 0.25) is 0 Å². The molecule has 0 amide bonds. The fraction of sp³-hybridized carbons (Fsp3) is 0.435. The molecule has 10 aromatic rings. The Hall–Kier alpha value is -7.44. The number of hydrogen-bond donors (Lipinski definition) is 2. The van der Waals surface area contributed by atoms with E-state index in [-0.39, 0.29) is 57.2 Å². The molecule has 2 aromatic heterocycles. The number of aromatic hydroxyl groups is 2. The van der Waals surface area contributed by atoms with Crippen molar-refractivity contribution >= 4 is 43.6 Å². The smallest absolute Gasteiger partial charge is 0.151 e. The van der Waals surface area contributed by atoms with Crippen molar-refractivity contribution in [1.29, 1.82) is 0 Å². The lowest BCUT2D eigenvalue weighted by molar-refractivity contribution is 0.229. The predicted molar refractivity (Wildman–Crippen MR) is 390 cm³/mol. The molecule has 6 nitrogen and oxygen atoms in total. The van der Waals surface area contributed by atoms with Crippen LogP contribution in [0.3, 0.4) is 0 Å². The third-order valence-corrected chi connectivity index (χ3v) is 18.7. The number of ether oxygens (including phenoxy) is 2. The van der Waals surface area contributed by atoms with Crippen molar-refractivity contribution in [3.63, 3.8) is 0 Å². The maximum Gasteiger partial charge on any atom is 0.151 e. The Kier molecular flexibility index (Phi) is 17.0. The number of hydrogen-bond acceptors (Lipinski definition) is 4. The highest BCUT2D eigenvalue weighted by molar-refractivity contribution is 6.12. The van der Waals surface area contributed by atoms with Crippen LogP contribution >= 0.6 is 0 Å². The molecule has 2 N–H and O–H groups in total. The molecule has 0 unspecified atom stereocenters. The van der Waals surface area contributed by atoms with E-state index in [1.54, 1.807) is 0 Å². The highest BCUT2D eigenvalue weighted by atomic mass is 16.5. The monoisotopic (exact) mass is 1220 g/mol. The molecule has 0 radical (unpaired) electrons. The topological polar surface area (TPSA) is 68.8 Å². The van der Waals surface area contributed by atoms with Crippen LogP contribution in [-0.2, 0) is 32.5 Å². The standard InChI is InChI=1S/C85H106N2O4/c1-52-28-25-30-54(42-52)60-48-66(84(21,22)50-78(3,4)5)76(72(74(60)88)86-68-36-32-56(80(9,10)11)44-62(68)63-45-57(81(12,13)14)33-37-69(63)86)90-40-27-41-91-77-67(85(23,24)51-79(6,7)8)49-61(55-31-26-29-53(2)43-55)75(89)73(77)87-70-38-34-58(82(15,16)17)46-64(70)65-47-59(83(18,19)20)35-39-71(65)87/h25-26,28-39,42-49,88-89H,27,40-41,50-51H2,1-24H3. The Labute approximate surface area is 546 Å². The normalized spacial score (nSPS) is 13.4. The van der Waals surface area contributed by atoms with Crippen molar-refractivity contribution in [2.75, 3.05) is 13.2 Å². The average molecular weight is 1220 g/mol. The number of rotatable bonds is 14. The lowest BCUT2D eigenvalue weighted by Gasteiger charge is -2.36. The van der Waals surface area contributed by atoms with Gasteiger partial charge in [0.05, 0.1) is 35.3 Å². The molecule has 2 heterocycles. The largest absolute Gasteiger partial charge is 0.505 e. The Morgan fingerprint density at radius 1 is 0.352 bits per heavy atom. The van der Waals surface area contributed by atoms with Gasteiger partial charge < -0.3 is 28.8 Å². The van der Waals surface area contributed by atoms with Crippen molar-refractivity contribution in [3.05, 3.63) is 178 Å². The Balaban J connectivity index is 1.20. The molecule has 6 heteroatoms. The summed E-state index contributed by atoms with van der Waals surface area (Å²) in [7, 11) is 0. The molecule has 0 atom stereocenters. The van der Waals surface area contributed by atoms with Gasteiger partial charge >= 0.3 is 0 Å². The van der Waals surface area contributed by atoms with E-state index in [4.69, 9.17) is 9.47 Å². The summed E-state index contributed by atoms with van der Waals surface area (Å²) in [5.74, 6) is 1.65. The van der Waals surface area contributed by atoms with Gasteiger partial charge in [-0.15, -0.1) is 0 Å². The van der Waals surface area contributed by atoms with E-state index in [9.17, 15) is 10.2 Å². The van der Waals surface area contributed by atoms with E-state index in [0.29, 0.717) is 29.3 Å². The molecular weight excluding hydrogens is 1110 g/mol. The molecule has 91 heavy (non-hydrogen) atoms. The van der Waals surface area contributed by atoms with E-state index in [0.717, 1.165) is 101 Å². The summed E-state index contributed by atoms with van der Waals surface area (Å²) in [6, 6.07) is 48.9. The highest BCUT2D eigenvalue weighted by Gasteiger charge is 2.38. The first kappa shape index (κ1) is 66.5. The third kappa shape index (κ3) is 13.3. The van der Waals surface area contributed by atoms with Gasteiger partial charge in [-0.2, -0.15) is 0 Å². The van der Waals surface area contributed by atoms with Crippen molar-refractivity contribution < 1.29 is 19.7 Å². The minimum atomic E-state index is -0.425. The molecule has 0 saturated carbocycles. The molecule has 10 rings (SSSR count). The van der Waals surface area contributed by atoms with E-state index < -0.39 is 10.8 Å². The van der Waals surface area contributed by atoms with Crippen LogP contribution in [0.4, 0.5) is 0 Å². The third-order valence-electron chi connectivity index (χ3n) is 18.7. The second kappa shape index (κ2) is 23.3. The number of benzene rings is 8. The number of phenolic OH excluding ortho intramolecular Hbond substituents is 2. The number of phenols is 2. The van der Waals surface area contributed by atoms with Crippen LogP contribution in [-0.4, -0.2) is 32.6 Å². The zero-order valence-corrected chi connectivity index (χ0v) is 59.8. The number of fused-ring (bicyclic) bond motifs is 6. The van der Waals surface area contributed by atoms with E-state index in [1.165, 1.54) is 22.3 Å². The van der Waals surface area contributed by atoms with Gasteiger partial charge in [0, 0.05) is 50.2 Å². The van der Waals surface area contributed by atoms with Crippen LogP contribution in [0, 0.1) is 24.7 Å². The molecular formula is C85H106N2O4. The van der Waals surface area contributed by atoms with Crippen LogP contribution in [0.5, 0.6) is 23.0 Å². The maximum absolute atomic E-state index is 13.5. The zero-order chi connectivity index (χ0) is 66.7. The van der Waals surface area contributed by atoms with Gasteiger partial charge in [-0.3, -0.25) is 0 Å². The van der Waals surface area contributed by atoms with E-state index in [1.807, 2.05) is 0 Å². The van der Waals surface area contributed by atoms with Crippen molar-refractivity contribution in [1.82, 2.24) is 9.13 Å². The van der Waals surface area contributed by atoms with Gasteiger partial charge in [0.2, 0.25) is 0 Å². The first-order valence-corrected chi connectivity index (χ1v) is 33.4. The highest BCUT2D eigenvalue weighted by Crippen LogP contribution is 2.55. The minimum Gasteiger partial charge on any atom is -0.505 e. The Bertz CT molecular complexity index is 3990. The van der Waals surface area contributed by atoms with Gasteiger partial charge in [0.15, 0.2) is 23.0 Å². The zero-order valence-electron chi connectivity index (χ0n) is 59.8. The quantitative estimate of drug-likeness (QED) is 0.106. The number of aryl methyl sites for hydroxylation is 2. The van der Waals surface area contributed by atoms with E-state index in [2.05, 4.69) is 309 Å². The van der Waals surface area contributed by atoms with Gasteiger partial charge in [0.1, 0.15) is 11.4 Å². The van der Waals surface area contributed by atoms with Crippen LogP contribution in [0.1, 0.15) is 216 Å². The van der Waals surface area contributed by atoms with Crippen LogP contribution < -0.4 is 9.47 Å². The van der Waals surface area contributed by atoms with Crippen LogP contribution in [0.15, 0.2) is 133 Å². The molecule has 0 aliphatic carbocycles. The summed E-state index contributed by atoms with van der Waals surface area (Å²) in [4.78, 5) is 0. The summed E-state index contributed by atoms with van der Waals surface area (Å²) >= 11 is 0. The van der Waals surface area contributed by atoms with Crippen molar-refractivity contribution in [2.45, 2.75) is 218 Å². The summed E-state index contributed by atoms with van der Waals surface area (Å²) in [6.07, 6.45) is 2.19. The fourth-order valence-electron chi connectivity index (χ4n) is 14.7. The van der Waals surface area contributed by atoms with E-state index >= 15 is 0 Å². The first-order valence-electron chi connectivity index (χ1n) is 33.4. The first-order chi connectivity index (χ1) is 42.0. The average Bonchev–Trinajstić information content (AvgIpc) is 1.65. The predicted octanol–water partition coefficient (Wildman–Crippen LogP) is 23.7. The Morgan fingerprint density at radius 3 is 0.890 bits per heavy atom. The molecule has 0 bridgehead atoms. The van der Waals surface area contributed by atoms with Gasteiger partial charge in [0.25, 0.3) is 0 Å². The number of nitrogens with zero attached hydrogens (tertiary/aromatic N) is 2. The molecule has 0 spiro atoms. The second-order valence-corrected chi connectivity index (χ2v) is 34.6. The summed E-state index contributed by atoms with van der Waals surface area (Å²) in [5, 5.41) is 31.6. The summed E-state index contributed by atoms with van der Waals surface area (Å²) in [5.41, 5.74) is 16.6. The molecule has 0 saturated heterocycles. The number of aromatic nitrogens is 2. The molecule has 0 fully saturated rings.